The predicted octanol–water partition coefficient (Wildman–Crippen LogP) is 2.11. The molecular weight excluding hydrogens is 224 g/mol. The van der Waals surface area contributed by atoms with Crippen molar-refractivity contribution in [2.75, 3.05) is 31.2 Å². The SMILES string of the molecule is Cc1cc(CCN)ccc1N1CCOCC1(C)C. The van der Waals surface area contributed by atoms with E-state index in [1.165, 1.54) is 16.8 Å². The van der Waals surface area contributed by atoms with Crippen LogP contribution in [-0.4, -0.2) is 31.8 Å². The van der Waals surface area contributed by atoms with Crippen molar-refractivity contribution < 1.29 is 4.74 Å². The van der Waals surface area contributed by atoms with Gasteiger partial charge < -0.3 is 15.4 Å². The second kappa shape index (κ2) is 5.29. The molecule has 1 fully saturated rings. The van der Waals surface area contributed by atoms with Crippen molar-refractivity contribution in [3.63, 3.8) is 0 Å². The van der Waals surface area contributed by atoms with Crippen molar-refractivity contribution in [3.05, 3.63) is 29.3 Å². The van der Waals surface area contributed by atoms with Gasteiger partial charge in [0.1, 0.15) is 0 Å². The van der Waals surface area contributed by atoms with Crippen LogP contribution in [0.3, 0.4) is 0 Å². The molecule has 0 amide bonds. The van der Waals surface area contributed by atoms with Gasteiger partial charge in [0.2, 0.25) is 0 Å². The summed E-state index contributed by atoms with van der Waals surface area (Å²) in [7, 11) is 0. The van der Waals surface area contributed by atoms with Crippen LogP contribution in [0.25, 0.3) is 0 Å². The van der Waals surface area contributed by atoms with Gasteiger partial charge in [-0.15, -0.1) is 0 Å². The van der Waals surface area contributed by atoms with E-state index >= 15 is 0 Å². The monoisotopic (exact) mass is 248 g/mol. The molecule has 100 valence electrons. The maximum absolute atomic E-state index is 5.61. The molecule has 1 heterocycles. The Morgan fingerprint density at radius 2 is 2.17 bits per heavy atom. The van der Waals surface area contributed by atoms with Crippen molar-refractivity contribution in [2.45, 2.75) is 32.7 Å². The van der Waals surface area contributed by atoms with Gasteiger partial charge in [0.25, 0.3) is 0 Å². The van der Waals surface area contributed by atoms with Gasteiger partial charge in [-0.2, -0.15) is 0 Å². The molecule has 1 aliphatic heterocycles. The van der Waals surface area contributed by atoms with E-state index in [0.717, 1.165) is 26.2 Å². The Hall–Kier alpha value is -1.06. The molecule has 0 spiro atoms. The average Bonchev–Trinajstić information content (AvgIpc) is 2.30. The van der Waals surface area contributed by atoms with E-state index in [0.29, 0.717) is 6.54 Å². The summed E-state index contributed by atoms with van der Waals surface area (Å²) in [6, 6.07) is 6.68. The van der Waals surface area contributed by atoms with E-state index in [9.17, 15) is 0 Å². The largest absolute Gasteiger partial charge is 0.377 e. The first-order valence-electron chi connectivity index (χ1n) is 6.69. The minimum Gasteiger partial charge on any atom is -0.377 e. The summed E-state index contributed by atoms with van der Waals surface area (Å²) < 4.78 is 5.58. The second-order valence-corrected chi connectivity index (χ2v) is 5.68. The van der Waals surface area contributed by atoms with Crippen LogP contribution in [0, 0.1) is 6.92 Å². The highest BCUT2D eigenvalue weighted by atomic mass is 16.5. The van der Waals surface area contributed by atoms with Gasteiger partial charge in [-0.3, -0.25) is 0 Å². The molecule has 2 N–H and O–H groups in total. The van der Waals surface area contributed by atoms with Crippen LogP contribution in [-0.2, 0) is 11.2 Å². The third-order valence-corrected chi connectivity index (χ3v) is 3.63. The maximum Gasteiger partial charge on any atom is 0.0694 e. The minimum atomic E-state index is 0.0679. The van der Waals surface area contributed by atoms with Gasteiger partial charge in [0.05, 0.1) is 18.8 Å². The zero-order chi connectivity index (χ0) is 13.2. The number of benzene rings is 1. The molecule has 0 aromatic heterocycles. The van der Waals surface area contributed by atoms with Crippen molar-refractivity contribution in [2.24, 2.45) is 5.73 Å². The Balaban J connectivity index is 2.27. The molecule has 3 nitrogen and oxygen atoms in total. The number of anilines is 1. The number of ether oxygens (including phenoxy) is 1. The molecule has 18 heavy (non-hydrogen) atoms. The Bertz CT molecular complexity index is 415. The van der Waals surface area contributed by atoms with E-state index in [1.807, 2.05) is 0 Å². The quantitative estimate of drug-likeness (QED) is 0.890. The summed E-state index contributed by atoms with van der Waals surface area (Å²) in [6.45, 7) is 9.93. The third-order valence-electron chi connectivity index (χ3n) is 3.63. The molecule has 2 rings (SSSR count). The fourth-order valence-corrected chi connectivity index (χ4v) is 2.65. The lowest BCUT2D eigenvalue weighted by Gasteiger charge is -2.44. The molecule has 0 bridgehead atoms. The summed E-state index contributed by atoms with van der Waals surface area (Å²) in [5, 5.41) is 0. The molecule has 0 unspecified atom stereocenters. The third kappa shape index (κ3) is 2.68. The Morgan fingerprint density at radius 1 is 1.39 bits per heavy atom. The van der Waals surface area contributed by atoms with Gasteiger partial charge >= 0.3 is 0 Å². The first kappa shape index (κ1) is 13.4. The number of hydrogen-bond acceptors (Lipinski definition) is 3. The highest BCUT2D eigenvalue weighted by Gasteiger charge is 2.31. The van der Waals surface area contributed by atoms with Gasteiger partial charge in [-0.25, -0.2) is 0 Å². The minimum absolute atomic E-state index is 0.0679. The molecule has 3 heteroatoms. The lowest BCUT2D eigenvalue weighted by molar-refractivity contribution is 0.0643. The average molecular weight is 248 g/mol. The van der Waals surface area contributed by atoms with Gasteiger partial charge in [-0.05, 0) is 50.9 Å². The number of nitrogens with zero attached hydrogens (tertiary/aromatic N) is 1. The van der Waals surface area contributed by atoms with Gasteiger partial charge in [-0.1, -0.05) is 12.1 Å². The van der Waals surface area contributed by atoms with Gasteiger partial charge in [0.15, 0.2) is 0 Å². The van der Waals surface area contributed by atoms with Crippen LogP contribution in [0.1, 0.15) is 25.0 Å². The van der Waals surface area contributed by atoms with E-state index in [2.05, 4.69) is 43.9 Å². The number of morpholine rings is 1. The van der Waals surface area contributed by atoms with Gasteiger partial charge in [0, 0.05) is 12.2 Å². The lowest BCUT2D eigenvalue weighted by atomic mass is 9.98. The molecule has 1 aliphatic rings. The van der Waals surface area contributed by atoms with Crippen LogP contribution < -0.4 is 10.6 Å². The van der Waals surface area contributed by atoms with Crippen molar-refractivity contribution in [1.29, 1.82) is 0 Å². The summed E-state index contributed by atoms with van der Waals surface area (Å²) >= 11 is 0. The molecule has 1 saturated heterocycles. The topological polar surface area (TPSA) is 38.5 Å². The molecule has 0 atom stereocenters. The molecule has 1 aromatic rings. The maximum atomic E-state index is 5.61. The van der Waals surface area contributed by atoms with Crippen molar-refractivity contribution >= 4 is 5.69 Å². The number of aryl methyl sites for hydroxylation is 1. The van der Waals surface area contributed by atoms with Crippen molar-refractivity contribution in [3.8, 4) is 0 Å². The fraction of sp³-hybridized carbons (Fsp3) is 0.600. The first-order chi connectivity index (χ1) is 8.54. The van der Waals surface area contributed by atoms with E-state index < -0.39 is 0 Å². The first-order valence-corrected chi connectivity index (χ1v) is 6.69. The van der Waals surface area contributed by atoms with Crippen LogP contribution in [0.4, 0.5) is 5.69 Å². The molecule has 0 saturated carbocycles. The van der Waals surface area contributed by atoms with Crippen LogP contribution in [0.15, 0.2) is 18.2 Å². The zero-order valence-electron chi connectivity index (χ0n) is 11.7. The van der Waals surface area contributed by atoms with E-state index in [-0.39, 0.29) is 5.54 Å². The lowest BCUT2D eigenvalue weighted by Crippen LogP contribution is -2.53. The molecular formula is C15H24N2O. The molecule has 0 aliphatic carbocycles. The smallest absolute Gasteiger partial charge is 0.0694 e. The number of hydrogen-bond donors (Lipinski definition) is 1. The predicted molar refractivity (Wildman–Crippen MR) is 76.2 cm³/mol. The highest BCUT2D eigenvalue weighted by molar-refractivity contribution is 5.56. The summed E-state index contributed by atoms with van der Waals surface area (Å²) in [6.07, 6.45) is 0.952. The standard InChI is InChI=1S/C15H24N2O/c1-12-10-13(6-7-16)4-5-14(12)17-8-9-18-11-15(17,2)3/h4-5,10H,6-9,11,16H2,1-3H3. The Labute approximate surface area is 110 Å². The molecule has 1 aromatic carbocycles. The Morgan fingerprint density at radius 3 is 2.78 bits per heavy atom. The van der Waals surface area contributed by atoms with E-state index in [1.54, 1.807) is 0 Å². The van der Waals surface area contributed by atoms with Crippen LogP contribution in [0.5, 0.6) is 0 Å². The second-order valence-electron chi connectivity index (χ2n) is 5.68. The number of rotatable bonds is 3. The summed E-state index contributed by atoms with van der Waals surface area (Å²) in [5.74, 6) is 0. The number of nitrogens with two attached hydrogens (primary N) is 1. The summed E-state index contributed by atoms with van der Waals surface area (Å²) in [5.41, 5.74) is 9.65. The van der Waals surface area contributed by atoms with Crippen LogP contribution >= 0.6 is 0 Å². The molecule has 0 radical (unpaired) electrons. The Kier molecular flexibility index (Phi) is 3.93. The van der Waals surface area contributed by atoms with Crippen LogP contribution in [0.2, 0.25) is 0 Å². The zero-order valence-corrected chi connectivity index (χ0v) is 11.7. The van der Waals surface area contributed by atoms with E-state index in [4.69, 9.17) is 10.5 Å². The van der Waals surface area contributed by atoms with Crippen molar-refractivity contribution in [1.82, 2.24) is 0 Å². The summed E-state index contributed by atoms with van der Waals surface area (Å²) in [4.78, 5) is 2.46. The normalized spacial score (nSPS) is 19.0. The highest BCUT2D eigenvalue weighted by Crippen LogP contribution is 2.30. The fourth-order valence-electron chi connectivity index (χ4n) is 2.65.